The van der Waals surface area contributed by atoms with Gasteiger partial charge >= 0.3 is 0 Å². The number of aromatic nitrogens is 4. The molecule has 3 aromatic heterocycles. The molecule has 8 nitrogen and oxygen atoms in total. The number of fused-ring (bicyclic) bond motifs is 1. The van der Waals surface area contributed by atoms with Crippen molar-refractivity contribution in [3.8, 4) is 0 Å². The maximum absolute atomic E-state index is 4.93. The molecule has 5 heterocycles. The van der Waals surface area contributed by atoms with E-state index in [0.29, 0.717) is 0 Å². The number of aryl methyl sites for hydroxylation is 1. The SMILES string of the molecule is Cc1cc(Nc2nc(C3=CCNCC3)cn3c(C4=CN(C)NC4)cnc23)sn1. The van der Waals surface area contributed by atoms with Gasteiger partial charge in [-0.1, -0.05) is 6.08 Å². The lowest BCUT2D eigenvalue weighted by molar-refractivity contribution is 0.374. The highest BCUT2D eigenvalue weighted by atomic mass is 32.1. The van der Waals surface area contributed by atoms with Crippen LogP contribution >= 0.6 is 11.5 Å². The molecule has 2 aliphatic heterocycles. The van der Waals surface area contributed by atoms with Crippen LogP contribution in [-0.2, 0) is 0 Å². The van der Waals surface area contributed by atoms with Crippen molar-refractivity contribution < 1.29 is 0 Å². The van der Waals surface area contributed by atoms with Gasteiger partial charge in [-0.05, 0) is 43.1 Å². The summed E-state index contributed by atoms with van der Waals surface area (Å²) in [7, 11) is 2.00. The number of nitrogens with one attached hydrogen (secondary N) is 3. The number of hydrazine groups is 1. The minimum absolute atomic E-state index is 0.756. The van der Waals surface area contributed by atoms with Crippen molar-refractivity contribution in [2.45, 2.75) is 13.3 Å². The molecule has 5 rings (SSSR count). The van der Waals surface area contributed by atoms with Gasteiger partial charge in [0.15, 0.2) is 11.5 Å². The van der Waals surface area contributed by atoms with Crippen molar-refractivity contribution in [2.75, 3.05) is 32.0 Å². The van der Waals surface area contributed by atoms with E-state index in [9.17, 15) is 0 Å². The summed E-state index contributed by atoms with van der Waals surface area (Å²) in [4.78, 5) is 9.61. The molecule has 0 unspecified atom stereocenters. The molecule has 0 bridgehead atoms. The molecule has 28 heavy (non-hydrogen) atoms. The van der Waals surface area contributed by atoms with Crippen LogP contribution < -0.4 is 16.1 Å². The second kappa shape index (κ2) is 7.01. The molecule has 0 saturated carbocycles. The van der Waals surface area contributed by atoms with E-state index in [2.05, 4.69) is 48.3 Å². The molecule has 0 radical (unpaired) electrons. The molecule has 2 aliphatic rings. The Labute approximate surface area is 167 Å². The van der Waals surface area contributed by atoms with E-state index in [4.69, 9.17) is 4.98 Å². The summed E-state index contributed by atoms with van der Waals surface area (Å²) in [6.45, 7) is 4.62. The second-order valence-corrected chi connectivity index (χ2v) is 7.86. The van der Waals surface area contributed by atoms with Crippen LogP contribution in [0.2, 0.25) is 0 Å². The maximum atomic E-state index is 4.93. The van der Waals surface area contributed by atoms with Gasteiger partial charge in [-0.2, -0.15) is 4.37 Å². The van der Waals surface area contributed by atoms with Crippen LogP contribution in [0.25, 0.3) is 16.8 Å². The molecule has 0 amide bonds. The second-order valence-electron chi connectivity index (χ2n) is 7.05. The Hall–Kier alpha value is -2.75. The van der Waals surface area contributed by atoms with E-state index in [1.165, 1.54) is 22.7 Å². The third kappa shape index (κ3) is 3.17. The summed E-state index contributed by atoms with van der Waals surface area (Å²) in [5.74, 6) is 0.756. The number of rotatable bonds is 4. The Bertz CT molecular complexity index is 1090. The molecule has 0 saturated heterocycles. The van der Waals surface area contributed by atoms with E-state index in [-0.39, 0.29) is 0 Å². The summed E-state index contributed by atoms with van der Waals surface area (Å²) >= 11 is 1.44. The quantitative estimate of drug-likeness (QED) is 0.627. The molecule has 0 fully saturated rings. The Morgan fingerprint density at radius 1 is 1.29 bits per heavy atom. The molecular weight excluding hydrogens is 372 g/mol. The zero-order valence-electron chi connectivity index (χ0n) is 15.9. The predicted molar refractivity (Wildman–Crippen MR) is 112 cm³/mol. The first-order valence-electron chi connectivity index (χ1n) is 9.33. The van der Waals surface area contributed by atoms with Crippen molar-refractivity contribution in [3.05, 3.63) is 47.8 Å². The van der Waals surface area contributed by atoms with Crippen molar-refractivity contribution in [1.29, 1.82) is 0 Å². The fraction of sp³-hybridized carbons (Fsp3) is 0.316. The van der Waals surface area contributed by atoms with Crippen LogP contribution in [-0.4, -0.2) is 50.4 Å². The summed E-state index contributed by atoms with van der Waals surface area (Å²) in [5.41, 5.74) is 9.63. The molecule has 0 atom stereocenters. The first kappa shape index (κ1) is 17.4. The van der Waals surface area contributed by atoms with Crippen LogP contribution in [0.3, 0.4) is 0 Å². The lowest BCUT2D eigenvalue weighted by Gasteiger charge is -2.16. The highest BCUT2D eigenvalue weighted by Gasteiger charge is 2.19. The summed E-state index contributed by atoms with van der Waals surface area (Å²) in [5, 5.41) is 9.74. The van der Waals surface area contributed by atoms with Crippen LogP contribution in [0.4, 0.5) is 10.8 Å². The van der Waals surface area contributed by atoms with Crippen LogP contribution in [0.15, 0.2) is 30.7 Å². The van der Waals surface area contributed by atoms with Gasteiger partial charge in [0.05, 0.1) is 23.3 Å². The zero-order chi connectivity index (χ0) is 19.1. The predicted octanol–water partition coefficient (Wildman–Crippen LogP) is 2.41. The van der Waals surface area contributed by atoms with E-state index in [0.717, 1.165) is 59.6 Å². The molecule has 0 spiro atoms. The Kier molecular flexibility index (Phi) is 4.34. The van der Waals surface area contributed by atoms with Crippen molar-refractivity contribution in [3.63, 3.8) is 0 Å². The zero-order valence-corrected chi connectivity index (χ0v) is 16.7. The Morgan fingerprint density at radius 2 is 2.21 bits per heavy atom. The minimum atomic E-state index is 0.756. The van der Waals surface area contributed by atoms with Crippen molar-refractivity contribution in [2.24, 2.45) is 0 Å². The van der Waals surface area contributed by atoms with E-state index >= 15 is 0 Å². The Morgan fingerprint density at radius 3 is 2.93 bits per heavy atom. The van der Waals surface area contributed by atoms with Gasteiger partial charge in [0, 0.05) is 38.1 Å². The molecular formula is C19H22N8S. The summed E-state index contributed by atoms with van der Waals surface area (Å²) in [6.07, 6.45) is 9.32. The van der Waals surface area contributed by atoms with Gasteiger partial charge in [0.1, 0.15) is 5.00 Å². The van der Waals surface area contributed by atoms with Crippen molar-refractivity contribution >= 4 is 39.1 Å². The minimum Gasteiger partial charge on any atom is -0.328 e. The highest BCUT2D eigenvalue weighted by molar-refractivity contribution is 7.10. The van der Waals surface area contributed by atoms with Gasteiger partial charge in [0.25, 0.3) is 0 Å². The lowest BCUT2D eigenvalue weighted by atomic mass is 10.1. The topological polar surface area (TPSA) is 82.4 Å². The number of nitrogens with zero attached hydrogens (tertiary/aromatic N) is 5. The first-order chi connectivity index (χ1) is 13.7. The lowest BCUT2D eigenvalue weighted by Crippen LogP contribution is -2.23. The molecule has 144 valence electrons. The number of imidazole rings is 1. The molecule has 3 N–H and O–H groups in total. The number of hydrogen-bond donors (Lipinski definition) is 3. The number of anilines is 2. The number of hydrogen-bond acceptors (Lipinski definition) is 8. The molecule has 0 aliphatic carbocycles. The van der Waals surface area contributed by atoms with E-state index in [1.54, 1.807) is 0 Å². The normalized spacial score (nSPS) is 17.1. The van der Waals surface area contributed by atoms with Crippen LogP contribution in [0.1, 0.15) is 23.5 Å². The van der Waals surface area contributed by atoms with Gasteiger partial charge in [0.2, 0.25) is 0 Å². The van der Waals surface area contributed by atoms with E-state index in [1.807, 2.05) is 31.2 Å². The van der Waals surface area contributed by atoms with Gasteiger partial charge < -0.3 is 15.6 Å². The molecule has 3 aromatic rings. The van der Waals surface area contributed by atoms with Crippen LogP contribution in [0.5, 0.6) is 0 Å². The Balaban J connectivity index is 1.65. The van der Waals surface area contributed by atoms with Gasteiger partial charge in [-0.15, -0.1) is 0 Å². The highest BCUT2D eigenvalue weighted by Crippen LogP contribution is 2.29. The fourth-order valence-corrected chi connectivity index (χ4v) is 4.21. The largest absolute Gasteiger partial charge is 0.328 e. The third-order valence-electron chi connectivity index (χ3n) is 4.95. The third-order valence-corrected chi connectivity index (χ3v) is 5.75. The van der Waals surface area contributed by atoms with Crippen molar-refractivity contribution in [1.82, 2.24) is 34.5 Å². The maximum Gasteiger partial charge on any atom is 0.180 e. The summed E-state index contributed by atoms with van der Waals surface area (Å²) in [6, 6.07) is 2.03. The smallest absolute Gasteiger partial charge is 0.180 e. The monoisotopic (exact) mass is 394 g/mol. The molecule has 0 aromatic carbocycles. The average molecular weight is 395 g/mol. The van der Waals surface area contributed by atoms with Crippen LogP contribution in [0, 0.1) is 6.92 Å². The average Bonchev–Trinajstić information content (AvgIpc) is 3.42. The first-order valence-corrected chi connectivity index (χ1v) is 10.1. The van der Waals surface area contributed by atoms with Gasteiger partial charge in [-0.3, -0.25) is 4.40 Å². The standard InChI is InChI=1S/C19H22N8S/c1-12-7-17(28-25-12)24-18-19-21-9-16(14-8-22-26(2)10-14)27(19)11-15(23-18)13-3-5-20-6-4-13/h3,7,9-11,20,22H,4-6,8H2,1-2H3,(H,23,24). The van der Waals surface area contributed by atoms with Gasteiger partial charge in [-0.25, -0.2) is 15.4 Å². The van der Waals surface area contributed by atoms with E-state index < -0.39 is 0 Å². The summed E-state index contributed by atoms with van der Waals surface area (Å²) < 4.78 is 6.51. The fourth-order valence-electron chi connectivity index (χ4n) is 3.55. The molecule has 9 heteroatoms.